The van der Waals surface area contributed by atoms with Crippen LogP contribution in [0.5, 0.6) is 0 Å². The van der Waals surface area contributed by atoms with Gasteiger partial charge in [-0.1, -0.05) is 26.2 Å². The highest BCUT2D eigenvalue weighted by Gasteiger charge is 2.42. The van der Waals surface area contributed by atoms with Gasteiger partial charge in [0.15, 0.2) is 0 Å². The van der Waals surface area contributed by atoms with Crippen molar-refractivity contribution in [3.05, 3.63) is 0 Å². The van der Waals surface area contributed by atoms with Gasteiger partial charge in [0.05, 0.1) is 5.54 Å². The number of nitrogens with zero attached hydrogens (tertiary/aromatic N) is 1. The maximum absolute atomic E-state index is 12.1. The number of likely N-dealkylation sites (tertiary alicyclic amines) is 1. The molecule has 0 bridgehead atoms. The minimum Gasteiger partial charge on any atom is -0.368 e. The molecule has 2 rings (SSSR count). The van der Waals surface area contributed by atoms with Gasteiger partial charge < -0.3 is 16.0 Å². The van der Waals surface area contributed by atoms with Gasteiger partial charge in [-0.05, 0) is 64.6 Å². The molecule has 1 amide bonds. The summed E-state index contributed by atoms with van der Waals surface area (Å²) < 4.78 is 0. The Bertz CT molecular complexity index is 326. The highest BCUT2D eigenvalue weighted by molar-refractivity contribution is 5.84. The summed E-state index contributed by atoms with van der Waals surface area (Å²) in [7, 11) is 0. The van der Waals surface area contributed by atoms with Gasteiger partial charge in [-0.3, -0.25) is 4.79 Å². The molecule has 4 heteroatoms. The van der Waals surface area contributed by atoms with Crippen LogP contribution in [0.2, 0.25) is 0 Å². The van der Waals surface area contributed by atoms with Crippen LogP contribution in [-0.2, 0) is 4.79 Å². The second-order valence-electron chi connectivity index (χ2n) is 6.93. The SMILES string of the molecule is CCCNC1(C(N)=O)CCCC(N2CCCCCCC2)C1. The van der Waals surface area contributed by atoms with Crippen molar-refractivity contribution in [2.75, 3.05) is 19.6 Å². The number of primary amides is 1. The minimum absolute atomic E-state index is 0.146. The lowest BCUT2D eigenvalue weighted by Crippen LogP contribution is -2.61. The normalized spacial score (nSPS) is 32.3. The molecule has 1 heterocycles. The van der Waals surface area contributed by atoms with Crippen molar-refractivity contribution >= 4 is 5.91 Å². The zero-order chi connectivity index (χ0) is 15.1. The van der Waals surface area contributed by atoms with E-state index in [1.165, 1.54) is 51.6 Å². The summed E-state index contributed by atoms with van der Waals surface area (Å²) in [5.41, 5.74) is 5.31. The van der Waals surface area contributed by atoms with E-state index in [2.05, 4.69) is 17.1 Å². The smallest absolute Gasteiger partial charge is 0.237 e. The Balaban J connectivity index is 2.01. The topological polar surface area (TPSA) is 58.4 Å². The average molecular weight is 295 g/mol. The van der Waals surface area contributed by atoms with Crippen LogP contribution in [-0.4, -0.2) is 42.0 Å². The fourth-order valence-electron chi connectivity index (χ4n) is 4.03. The first-order valence-corrected chi connectivity index (χ1v) is 8.97. The molecule has 0 aromatic rings. The van der Waals surface area contributed by atoms with Gasteiger partial charge in [-0.2, -0.15) is 0 Å². The molecule has 0 spiro atoms. The Labute approximate surface area is 129 Å². The fraction of sp³-hybridized carbons (Fsp3) is 0.941. The van der Waals surface area contributed by atoms with Gasteiger partial charge in [0.1, 0.15) is 0 Å². The summed E-state index contributed by atoms with van der Waals surface area (Å²) in [6, 6.07) is 0.536. The van der Waals surface area contributed by atoms with Crippen molar-refractivity contribution in [1.29, 1.82) is 0 Å². The third-order valence-corrected chi connectivity index (χ3v) is 5.32. The molecule has 2 atom stereocenters. The molecule has 0 radical (unpaired) electrons. The van der Waals surface area contributed by atoms with E-state index in [4.69, 9.17) is 5.73 Å². The number of carbonyl (C=O) groups is 1. The van der Waals surface area contributed by atoms with E-state index in [1.807, 2.05) is 0 Å². The molecule has 1 saturated heterocycles. The van der Waals surface area contributed by atoms with Crippen molar-refractivity contribution < 1.29 is 4.79 Å². The van der Waals surface area contributed by atoms with Crippen molar-refractivity contribution in [1.82, 2.24) is 10.2 Å². The summed E-state index contributed by atoms with van der Waals surface area (Å²) in [4.78, 5) is 14.7. The van der Waals surface area contributed by atoms with Crippen LogP contribution in [0.25, 0.3) is 0 Å². The van der Waals surface area contributed by atoms with Crippen LogP contribution in [0.4, 0.5) is 0 Å². The van der Waals surface area contributed by atoms with Gasteiger partial charge in [0.2, 0.25) is 5.91 Å². The zero-order valence-electron chi connectivity index (χ0n) is 13.7. The quantitative estimate of drug-likeness (QED) is 0.819. The first-order chi connectivity index (χ1) is 10.2. The first kappa shape index (κ1) is 16.8. The van der Waals surface area contributed by atoms with E-state index >= 15 is 0 Å². The van der Waals surface area contributed by atoms with Crippen molar-refractivity contribution in [3.8, 4) is 0 Å². The molecule has 0 aromatic heterocycles. The lowest BCUT2D eigenvalue weighted by atomic mass is 9.77. The molecule has 2 unspecified atom stereocenters. The van der Waals surface area contributed by atoms with Crippen molar-refractivity contribution in [2.45, 2.75) is 82.7 Å². The van der Waals surface area contributed by atoms with Crippen LogP contribution in [0, 0.1) is 0 Å². The van der Waals surface area contributed by atoms with Gasteiger partial charge in [-0.25, -0.2) is 0 Å². The largest absolute Gasteiger partial charge is 0.368 e. The van der Waals surface area contributed by atoms with Gasteiger partial charge in [-0.15, -0.1) is 0 Å². The summed E-state index contributed by atoms with van der Waals surface area (Å²) >= 11 is 0. The standard InChI is InChI=1S/C17H33N3O/c1-2-11-19-17(16(18)21)10-8-9-15(14-17)20-12-6-4-3-5-7-13-20/h15,19H,2-14H2,1H3,(H2,18,21). The Hall–Kier alpha value is -0.610. The predicted octanol–water partition coefficient (Wildman–Crippen LogP) is 2.42. The number of hydrogen-bond acceptors (Lipinski definition) is 3. The van der Waals surface area contributed by atoms with E-state index in [9.17, 15) is 4.79 Å². The van der Waals surface area contributed by atoms with Crippen molar-refractivity contribution in [3.63, 3.8) is 0 Å². The summed E-state index contributed by atoms with van der Waals surface area (Å²) in [6.45, 7) is 5.43. The summed E-state index contributed by atoms with van der Waals surface area (Å²) in [6.07, 6.45) is 11.9. The van der Waals surface area contributed by atoms with Crippen LogP contribution >= 0.6 is 0 Å². The number of hydrogen-bond donors (Lipinski definition) is 2. The Morgan fingerprint density at radius 3 is 2.48 bits per heavy atom. The third-order valence-electron chi connectivity index (χ3n) is 5.32. The maximum Gasteiger partial charge on any atom is 0.237 e. The second kappa shape index (κ2) is 8.14. The first-order valence-electron chi connectivity index (χ1n) is 8.97. The van der Waals surface area contributed by atoms with Crippen LogP contribution in [0.15, 0.2) is 0 Å². The lowest BCUT2D eigenvalue weighted by Gasteiger charge is -2.44. The highest BCUT2D eigenvalue weighted by Crippen LogP contribution is 2.32. The molecule has 3 N–H and O–H groups in total. The molecule has 1 aliphatic carbocycles. The van der Waals surface area contributed by atoms with Gasteiger partial charge in [0.25, 0.3) is 0 Å². The molecule has 0 aromatic carbocycles. The molecule has 2 aliphatic rings. The molecular formula is C17H33N3O. The van der Waals surface area contributed by atoms with E-state index in [-0.39, 0.29) is 5.91 Å². The molecule has 4 nitrogen and oxygen atoms in total. The molecule has 2 fully saturated rings. The Morgan fingerprint density at radius 1 is 1.19 bits per heavy atom. The monoisotopic (exact) mass is 295 g/mol. The minimum atomic E-state index is -0.457. The van der Waals surface area contributed by atoms with E-state index in [0.717, 1.165) is 32.2 Å². The highest BCUT2D eigenvalue weighted by atomic mass is 16.1. The van der Waals surface area contributed by atoms with E-state index in [0.29, 0.717) is 6.04 Å². The third kappa shape index (κ3) is 4.43. The van der Waals surface area contributed by atoms with Crippen LogP contribution in [0.3, 0.4) is 0 Å². The Kier molecular flexibility index (Phi) is 6.49. The van der Waals surface area contributed by atoms with E-state index < -0.39 is 5.54 Å². The fourth-order valence-corrected chi connectivity index (χ4v) is 4.03. The number of carbonyl (C=O) groups excluding carboxylic acids is 1. The average Bonchev–Trinajstić information content (AvgIpc) is 2.45. The van der Waals surface area contributed by atoms with Gasteiger partial charge >= 0.3 is 0 Å². The second-order valence-corrected chi connectivity index (χ2v) is 6.93. The Morgan fingerprint density at radius 2 is 1.86 bits per heavy atom. The number of amides is 1. The maximum atomic E-state index is 12.1. The van der Waals surface area contributed by atoms with E-state index in [1.54, 1.807) is 0 Å². The van der Waals surface area contributed by atoms with Crippen molar-refractivity contribution in [2.24, 2.45) is 5.73 Å². The molecule has 1 saturated carbocycles. The predicted molar refractivity (Wildman–Crippen MR) is 87.1 cm³/mol. The van der Waals surface area contributed by atoms with Crippen LogP contribution in [0.1, 0.15) is 71.1 Å². The molecule has 1 aliphatic heterocycles. The lowest BCUT2D eigenvalue weighted by molar-refractivity contribution is -0.126. The van der Waals surface area contributed by atoms with Gasteiger partial charge in [0, 0.05) is 6.04 Å². The molecular weight excluding hydrogens is 262 g/mol. The van der Waals surface area contributed by atoms with Crippen LogP contribution < -0.4 is 11.1 Å². The summed E-state index contributed by atoms with van der Waals surface area (Å²) in [5.74, 6) is -0.146. The summed E-state index contributed by atoms with van der Waals surface area (Å²) in [5, 5.41) is 3.48. The molecule has 21 heavy (non-hydrogen) atoms. The number of nitrogens with one attached hydrogen (secondary N) is 1. The number of nitrogens with two attached hydrogens (primary N) is 1. The zero-order valence-corrected chi connectivity index (χ0v) is 13.7. The number of rotatable bonds is 5. The molecule has 122 valence electrons.